The van der Waals surface area contributed by atoms with Gasteiger partial charge in [0.05, 0.1) is 8.80 Å². The highest BCUT2D eigenvalue weighted by Crippen LogP contribution is 2.25. The molecule has 0 aliphatic carbocycles. The minimum absolute atomic E-state index is 0.215. The van der Waals surface area contributed by atoms with Gasteiger partial charge in [-0.25, -0.2) is 0 Å². The summed E-state index contributed by atoms with van der Waals surface area (Å²) < 4.78 is 0. The van der Waals surface area contributed by atoms with Crippen molar-refractivity contribution in [2.24, 2.45) is 0 Å². The second-order valence-electron chi connectivity index (χ2n) is 8.91. The summed E-state index contributed by atoms with van der Waals surface area (Å²) in [5, 5.41) is 3.14. The van der Waals surface area contributed by atoms with Gasteiger partial charge in [-0.2, -0.15) is 0 Å². The Balaban J connectivity index is 1.72. The average molecular weight is 436 g/mol. The van der Waals surface area contributed by atoms with E-state index >= 15 is 0 Å². The van der Waals surface area contributed by atoms with Gasteiger partial charge in [-0.3, -0.25) is 0 Å². The molecule has 0 radical (unpaired) electrons. The van der Waals surface area contributed by atoms with Crippen molar-refractivity contribution in [1.29, 1.82) is 0 Å². The Hall–Kier alpha value is -3.62. The fourth-order valence-electron chi connectivity index (χ4n) is 5.60. The van der Waals surface area contributed by atoms with Crippen molar-refractivity contribution < 1.29 is 0 Å². The first kappa shape index (κ1) is 20.0. The van der Waals surface area contributed by atoms with Crippen LogP contribution in [0.2, 0.25) is 6.55 Å². The van der Waals surface area contributed by atoms with Crippen LogP contribution in [0, 0.1) is 0 Å². The van der Waals surface area contributed by atoms with E-state index in [9.17, 15) is 0 Å². The molecule has 0 aromatic heterocycles. The van der Waals surface area contributed by atoms with E-state index in [2.05, 4.69) is 134 Å². The van der Waals surface area contributed by atoms with E-state index in [0.29, 0.717) is 0 Å². The summed E-state index contributed by atoms with van der Waals surface area (Å²) in [5.41, 5.74) is 9.57. The summed E-state index contributed by atoms with van der Waals surface area (Å²) in [5.74, 6) is 0. The molecule has 0 saturated carbocycles. The first-order valence-electron chi connectivity index (χ1n) is 11.7. The Labute approximate surface area is 198 Å². The van der Waals surface area contributed by atoms with Gasteiger partial charge in [0.2, 0.25) is 6.71 Å². The third-order valence-corrected chi connectivity index (χ3v) is 10.0. The van der Waals surface area contributed by atoms with Gasteiger partial charge in [0, 0.05) is 0 Å². The summed E-state index contributed by atoms with van der Waals surface area (Å²) in [7, 11) is -1.23. The molecule has 0 amide bonds. The van der Waals surface area contributed by atoms with Gasteiger partial charge in [-0.1, -0.05) is 161 Å². The van der Waals surface area contributed by atoms with Crippen LogP contribution in [0.15, 0.2) is 127 Å². The van der Waals surface area contributed by atoms with Crippen LogP contribution in [0.5, 0.6) is 0 Å². The number of benzene rings is 5. The lowest BCUT2D eigenvalue weighted by molar-refractivity contribution is 1.61. The molecule has 0 saturated heterocycles. The molecule has 1 heterocycles. The highest BCUT2D eigenvalue weighted by atomic mass is 28.3. The Morgan fingerprint density at radius 2 is 0.879 bits per heavy atom. The van der Waals surface area contributed by atoms with Crippen molar-refractivity contribution in [2.45, 2.75) is 6.55 Å². The van der Waals surface area contributed by atoms with Crippen molar-refractivity contribution in [3.63, 3.8) is 0 Å². The second-order valence-corrected chi connectivity index (χ2v) is 11.6. The van der Waals surface area contributed by atoms with Crippen molar-refractivity contribution in [2.75, 3.05) is 0 Å². The maximum atomic E-state index is 2.48. The van der Waals surface area contributed by atoms with Crippen molar-refractivity contribution in [3.8, 4) is 22.3 Å². The fraction of sp³-hybridized carbons (Fsp3) is 0.0323. The van der Waals surface area contributed by atoms with Crippen LogP contribution in [0.4, 0.5) is 0 Å². The fourth-order valence-corrected chi connectivity index (χ4v) is 8.26. The number of fused-ring (bicyclic) bond motifs is 2. The molecule has 0 N–H and O–H groups in total. The van der Waals surface area contributed by atoms with Crippen molar-refractivity contribution in [1.82, 2.24) is 0 Å². The highest BCUT2D eigenvalue weighted by Gasteiger charge is 2.36. The normalized spacial score (nSPS) is 12.8. The SMILES string of the molecule is C[SiH]1c2ccccc2B(c2c(-c3ccccc3)cccc2-c2ccccc2)c2ccccc21. The Bertz CT molecular complexity index is 1320. The molecule has 33 heavy (non-hydrogen) atoms. The monoisotopic (exact) mass is 436 g/mol. The lowest BCUT2D eigenvalue weighted by Gasteiger charge is -2.33. The van der Waals surface area contributed by atoms with E-state index in [1.807, 2.05) is 0 Å². The molecule has 0 fully saturated rings. The smallest absolute Gasteiger partial charge is 0.0692 e. The maximum Gasteiger partial charge on any atom is 0.242 e. The van der Waals surface area contributed by atoms with Crippen LogP contribution in [0.25, 0.3) is 22.3 Å². The molecule has 2 heteroatoms. The highest BCUT2D eigenvalue weighted by molar-refractivity contribution is 7.08. The Kier molecular flexibility index (Phi) is 5.09. The topological polar surface area (TPSA) is 0 Å². The lowest BCUT2D eigenvalue weighted by Crippen LogP contribution is -2.71. The van der Waals surface area contributed by atoms with Gasteiger partial charge >= 0.3 is 0 Å². The zero-order valence-corrected chi connectivity index (χ0v) is 19.9. The molecule has 1 aliphatic rings. The summed E-state index contributed by atoms with van der Waals surface area (Å²) in [4.78, 5) is 0. The van der Waals surface area contributed by atoms with E-state index in [1.165, 1.54) is 38.6 Å². The summed E-state index contributed by atoms with van der Waals surface area (Å²) in [6, 6.07) is 46.9. The molecule has 6 rings (SSSR count). The minimum Gasteiger partial charge on any atom is -0.0692 e. The van der Waals surface area contributed by atoms with Crippen molar-refractivity contribution in [3.05, 3.63) is 127 Å². The third-order valence-electron chi connectivity index (χ3n) is 7.11. The lowest BCUT2D eigenvalue weighted by atomic mass is 9.35. The standard InChI is InChI=1S/C31H25BSi/c1-33-29-21-10-8-19-27(29)32(28-20-9-11-22-30(28)33)31-25(23-13-4-2-5-14-23)17-12-18-26(31)24-15-6-3-7-16-24/h2-22,33H,1H3. The van der Waals surface area contributed by atoms with E-state index in [1.54, 1.807) is 10.4 Å². The molecule has 0 bridgehead atoms. The number of hydrogen-bond acceptors (Lipinski definition) is 0. The number of rotatable bonds is 3. The molecule has 5 aromatic carbocycles. The van der Waals surface area contributed by atoms with Gasteiger partial charge in [-0.15, -0.1) is 0 Å². The molecule has 1 aliphatic heterocycles. The Morgan fingerprint density at radius 3 is 1.36 bits per heavy atom. The van der Waals surface area contributed by atoms with Crippen LogP contribution in [0.1, 0.15) is 0 Å². The molecule has 156 valence electrons. The summed E-state index contributed by atoms with van der Waals surface area (Å²) >= 11 is 0. The zero-order chi connectivity index (χ0) is 22.2. The van der Waals surface area contributed by atoms with Crippen molar-refractivity contribution >= 4 is 42.3 Å². The number of hydrogen-bond donors (Lipinski definition) is 0. The van der Waals surface area contributed by atoms with Crippen LogP contribution in [-0.4, -0.2) is 15.5 Å². The van der Waals surface area contributed by atoms with Gasteiger partial charge in [0.1, 0.15) is 0 Å². The van der Waals surface area contributed by atoms with Crippen LogP contribution in [0.3, 0.4) is 0 Å². The van der Waals surface area contributed by atoms with E-state index in [-0.39, 0.29) is 6.71 Å². The van der Waals surface area contributed by atoms with E-state index < -0.39 is 8.80 Å². The van der Waals surface area contributed by atoms with Gasteiger partial charge < -0.3 is 0 Å². The molecule has 0 spiro atoms. The van der Waals surface area contributed by atoms with Gasteiger partial charge in [0.15, 0.2) is 0 Å². The average Bonchev–Trinajstić information content (AvgIpc) is 2.90. The third kappa shape index (κ3) is 3.39. The van der Waals surface area contributed by atoms with Crippen LogP contribution >= 0.6 is 0 Å². The quantitative estimate of drug-likeness (QED) is 0.377. The molecule has 0 nitrogen and oxygen atoms in total. The first-order valence-corrected chi connectivity index (χ1v) is 14.1. The zero-order valence-electron chi connectivity index (χ0n) is 18.8. The molecular weight excluding hydrogens is 411 g/mol. The van der Waals surface area contributed by atoms with Crippen LogP contribution in [-0.2, 0) is 0 Å². The van der Waals surface area contributed by atoms with E-state index in [0.717, 1.165) is 0 Å². The predicted octanol–water partition coefficient (Wildman–Crippen LogP) is 3.82. The van der Waals surface area contributed by atoms with Gasteiger partial charge in [-0.05, 0) is 22.3 Å². The minimum atomic E-state index is -1.23. The first-order chi connectivity index (χ1) is 16.3. The largest absolute Gasteiger partial charge is 0.242 e. The molecule has 5 aromatic rings. The predicted molar refractivity (Wildman–Crippen MR) is 147 cm³/mol. The van der Waals surface area contributed by atoms with E-state index in [4.69, 9.17) is 0 Å². The van der Waals surface area contributed by atoms with Gasteiger partial charge in [0.25, 0.3) is 0 Å². The summed E-state index contributed by atoms with van der Waals surface area (Å²) in [6.07, 6.45) is 0. The second kappa shape index (κ2) is 8.38. The molecule has 0 unspecified atom stereocenters. The molecule has 0 atom stereocenters. The van der Waals surface area contributed by atoms with Crippen LogP contribution < -0.4 is 26.8 Å². The summed E-state index contributed by atoms with van der Waals surface area (Å²) in [6.45, 7) is 2.70. The Morgan fingerprint density at radius 1 is 0.455 bits per heavy atom. The maximum absolute atomic E-state index is 2.48. The molecular formula is C31H25BSi.